The van der Waals surface area contributed by atoms with Gasteiger partial charge in [-0.15, -0.1) is 0 Å². The fraction of sp³-hybridized carbons (Fsp3) is 0.222. The molecule has 0 aliphatic rings. The Hall–Kier alpha value is -3.00. The Kier molecular flexibility index (Phi) is 5.36. The highest BCUT2D eigenvalue weighted by atomic mass is 35.5. The largest absolute Gasteiger partial charge is 0.271 e. The summed E-state index contributed by atoms with van der Waals surface area (Å²) in [5.74, 6) is -0.650. The predicted octanol–water partition coefficient (Wildman–Crippen LogP) is 2.94. The van der Waals surface area contributed by atoms with Gasteiger partial charge in [-0.05, 0) is 51.1 Å². The van der Waals surface area contributed by atoms with E-state index in [2.05, 4.69) is 20.7 Å². The van der Waals surface area contributed by atoms with E-state index in [9.17, 15) is 9.18 Å². The molecule has 0 fully saturated rings. The van der Waals surface area contributed by atoms with Crippen molar-refractivity contribution in [3.05, 3.63) is 63.9 Å². The quantitative estimate of drug-likeness (QED) is 0.539. The molecule has 0 unspecified atom stereocenters. The summed E-state index contributed by atoms with van der Waals surface area (Å²) in [4.78, 5) is 12.0. The first-order valence-electron chi connectivity index (χ1n) is 8.19. The van der Waals surface area contributed by atoms with Gasteiger partial charge < -0.3 is 0 Å². The Morgan fingerprint density at radius 2 is 1.96 bits per heavy atom. The SMILES string of the molecule is Cc1cc(C)n(CC(=O)N/N=C\c2c(C)nn(-c3ccc(F)cc3)c2Cl)n1. The molecule has 0 aliphatic heterocycles. The number of amides is 1. The lowest BCUT2D eigenvalue weighted by Gasteiger charge is -2.03. The Labute approximate surface area is 160 Å². The monoisotopic (exact) mass is 388 g/mol. The smallest absolute Gasteiger partial charge is 0.261 e. The molecular weight excluding hydrogens is 371 g/mol. The minimum absolute atomic E-state index is 0.0680. The Morgan fingerprint density at radius 1 is 1.26 bits per heavy atom. The third-order valence-corrected chi connectivity index (χ3v) is 4.26. The number of aryl methyl sites for hydroxylation is 3. The second-order valence-corrected chi connectivity index (χ2v) is 6.41. The van der Waals surface area contributed by atoms with Crippen LogP contribution in [0.4, 0.5) is 4.39 Å². The van der Waals surface area contributed by atoms with Crippen LogP contribution in [0.25, 0.3) is 5.69 Å². The molecule has 1 N–H and O–H groups in total. The number of nitrogens with one attached hydrogen (secondary N) is 1. The number of hydrogen-bond acceptors (Lipinski definition) is 4. The fourth-order valence-electron chi connectivity index (χ4n) is 2.59. The number of aromatic nitrogens is 4. The van der Waals surface area contributed by atoms with Crippen molar-refractivity contribution < 1.29 is 9.18 Å². The number of nitrogens with zero attached hydrogens (tertiary/aromatic N) is 5. The molecule has 3 rings (SSSR count). The van der Waals surface area contributed by atoms with Crippen molar-refractivity contribution in [3.63, 3.8) is 0 Å². The average molecular weight is 389 g/mol. The molecule has 0 saturated carbocycles. The van der Waals surface area contributed by atoms with Gasteiger partial charge in [0.25, 0.3) is 5.91 Å². The first-order chi connectivity index (χ1) is 12.8. The minimum Gasteiger partial charge on any atom is -0.271 e. The zero-order valence-corrected chi connectivity index (χ0v) is 15.8. The standard InChI is InChI=1S/C18H18ClFN6O/c1-11-8-12(2)25(23-11)10-17(27)22-21-9-16-13(3)24-26(18(16)19)15-6-4-14(20)5-7-15/h4-9H,10H2,1-3H3,(H,22,27)/b21-9-. The maximum atomic E-state index is 13.1. The van der Waals surface area contributed by atoms with Crippen LogP contribution in [0.1, 0.15) is 22.6 Å². The average Bonchev–Trinajstić information content (AvgIpc) is 3.07. The van der Waals surface area contributed by atoms with E-state index in [1.165, 1.54) is 23.0 Å². The van der Waals surface area contributed by atoms with E-state index in [0.29, 0.717) is 22.1 Å². The molecule has 3 aromatic rings. The summed E-state index contributed by atoms with van der Waals surface area (Å²) >= 11 is 6.36. The van der Waals surface area contributed by atoms with Crippen LogP contribution in [-0.4, -0.2) is 31.7 Å². The molecule has 0 saturated heterocycles. The molecule has 9 heteroatoms. The zero-order chi connectivity index (χ0) is 19.6. The van der Waals surface area contributed by atoms with Crippen molar-refractivity contribution in [1.29, 1.82) is 0 Å². The second kappa shape index (κ2) is 7.71. The number of hydrazone groups is 1. The topological polar surface area (TPSA) is 77.1 Å². The van der Waals surface area contributed by atoms with E-state index < -0.39 is 0 Å². The van der Waals surface area contributed by atoms with Crippen LogP contribution < -0.4 is 5.43 Å². The third-order valence-electron chi connectivity index (χ3n) is 3.90. The van der Waals surface area contributed by atoms with Gasteiger partial charge in [-0.3, -0.25) is 9.48 Å². The molecule has 0 aliphatic carbocycles. The van der Waals surface area contributed by atoms with Crippen LogP contribution in [0.2, 0.25) is 5.15 Å². The molecule has 2 heterocycles. The number of rotatable bonds is 5. The highest BCUT2D eigenvalue weighted by Gasteiger charge is 2.13. The highest BCUT2D eigenvalue weighted by molar-refractivity contribution is 6.32. The molecule has 0 spiro atoms. The summed E-state index contributed by atoms with van der Waals surface area (Å²) in [5, 5.41) is 12.8. The van der Waals surface area contributed by atoms with Gasteiger partial charge in [0.05, 0.1) is 28.9 Å². The van der Waals surface area contributed by atoms with Gasteiger partial charge >= 0.3 is 0 Å². The van der Waals surface area contributed by atoms with Crippen molar-refractivity contribution in [2.45, 2.75) is 27.3 Å². The molecule has 2 aromatic heterocycles. The minimum atomic E-state index is -0.342. The summed E-state index contributed by atoms with van der Waals surface area (Å²) in [7, 11) is 0. The maximum absolute atomic E-state index is 13.1. The van der Waals surface area contributed by atoms with Crippen LogP contribution in [0.5, 0.6) is 0 Å². The van der Waals surface area contributed by atoms with E-state index in [-0.39, 0.29) is 18.3 Å². The van der Waals surface area contributed by atoms with Crippen LogP contribution in [-0.2, 0) is 11.3 Å². The molecule has 1 amide bonds. The van der Waals surface area contributed by atoms with Crippen LogP contribution >= 0.6 is 11.6 Å². The van der Waals surface area contributed by atoms with Crippen molar-refractivity contribution in [3.8, 4) is 5.69 Å². The lowest BCUT2D eigenvalue weighted by Crippen LogP contribution is -2.24. The fourth-order valence-corrected chi connectivity index (χ4v) is 2.91. The Morgan fingerprint density at radius 3 is 2.59 bits per heavy atom. The van der Waals surface area contributed by atoms with Gasteiger partial charge in [0.2, 0.25) is 0 Å². The van der Waals surface area contributed by atoms with Gasteiger partial charge in [-0.2, -0.15) is 15.3 Å². The van der Waals surface area contributed by atoms with E-state index >= 15 is 0 Å². The summed E-state index contributed by atoms with van der Waals surface area (Å²) in [5.41, 5.74) is 6.00. The van der Waals surface area contributed by atoms with Crippen molar-refractivity contribution in [1.82, 2.24) is 25.0 Å². The summed E-state index contributed by atoms with van der Waals surface area (Å²) in [6, 6.07) is 7.70. The van der Waals surface area contributed by atoms with Gasteiger partial charge in [0.15, 0.2) is 0 Å². The van der Waals surface area contributed by atoms with E-state index in [1.54, 1.807) is 23.7 Å². The summed E-state index contributed by atoms with van der Waals surface area (Å²) in [6.07, 6.45) is 1.43. The number of carbonyl (C=O) groups excluding carboxylic acids is 1. The van der Waals surface area contributed by atoms with Gasteiger partial charge in [-0.25, -0.2) is 14.5 Å². The number of benzene rings is 1. The van der Waals surface area contributed by atoms with Gasteiger partial charge in [-0.1, -0.05) is 11.6 Å². The molecule has 7 nitrogen and oxygen atoms in total. The molecule has 0 radical (unpaired) electrons. The highest BCUT2D eigenvalue weighted by Crippen LogP contribution is 2.22. The van der Waals surface area contributed by atoms with Crippen molar-refractivity contribution in [2.24, 2.45) is 5.10 Å². The Balaban J connectivity index is 1.71. The van der Waals surface area contributed by atoms with Crippen LogP contribution in [0.15, 0.2) is 35.4 Å². The number of carbonyl (C=O) groups is 1. The Bertz CT molecular complexity index is 1010. The number of halogens is 2. The van der Waals surface area contributed by atoms with Gasteiger partial charge in [0.1, 0.15) is 17.5 Å². The maximum Gasteiger partial charge on any atom is 0.261 e. The zero-order valence-electron chi connectivity index (χ0n) is 15.1. The van der Waals surface area contributed by atoms with Crippen molar-refractivity contribution >= 4 is 23.7 Å². The summed E-state index contributed by atoms with van der Waals surface area (Å²) in [6.45, 7) is 5.58. The molecule has 27 heavy (non-hydrogen) atoms. The van der Waals surface area contributed by atoms with Crippen LogP contribution in [0, 0.1) is 26.6 Å². The van der Waals surface area contributed by atoms with E-state index in [0.717, 1.165) is 11.4 Å². The second-order valence-electron chi connectivity index (χ2n) is 6.06. The lowest BCUT2D eigenvalue weighted by molar-refractivity contribution is -0.121. The molecule has 1 aromatic carbocycles. The normalized spacial score (nSPS) is 11.3. The molecule has 0 atom stereocenters. The van der Waals surface area contributed by atoms with Crippen LogP contribution in [0.3, 0.4) is 0 Å². The summed E-state index contributed by atoms with van der Waals surface area (Å²) < 4.78 is 16.2. The molecule has 140 valence electrons. The van der Waals surface area contributed by atoms with Gasteiger partial charge in [0, 0.05) is 5.69 Å². The van der Waals surface area contributed by atoms with E-state index in [4.69, 9.17) is 11.6 Å². The first kappa shape index (κ1) is 18.8. The van der Waals surface area contributed by atoms with Crippen molar-refractivity contribution in [2.75, 3.05) is 0 Å². The predicted molar refractivity (Wildman–Crippen MR) is 101 cm³/mol. The van der Waals surface area contributed by atoms with E-state index in [1.807, 2.05) is 19.9 Å². The molecular formula is C18H18ClFN6O. The lowest BCUT2D eigenvalue weighted by atomic mass is 10.3. The third kappa shape index (κ3) is 4.22. The number of hydrogen-bond donors (Lipinski definition) is 1. The first-order valence-corrected chi connectivity index (χ1v) is 8.57. The molecule has 0 bridgehead atoms.